The fourth-order valence-electron chi connectivity index (χ4n) is 2.33. The molecular weight excluding hydrogens is 386 g/mol. The third kappa shape index (κ3) is 4.35. The van der Waals surface area contributed by atoms with E-state index in [0.717, 1.165) is 0 Å². The maximum Gasteiger partial charge on any atom is 0.337 e. The molecule has 0 aliphatic rings. The van der Waals surface area contributed by atoms with Crippen LogP contribution in [0.15, 0.2) is 57.9 Å². The van der Waals surface area contributed by atoms with Crippen molar-refractivity contribution in [3.8, 4) is 17.1 Å². The summed E-state index contributed by atoms with van der Waals surface area (Å²) < 4.78 is 42.0. The lowest BCUT2D eigenvalue weighted by atomic mass is 10.2. The van der Waals surface area contributed by atoms with Gasteiger partial charge in [-0.2, -0.15) is 4.98 Å². The van der Waals surface area contributed by atoms with Crippen LogP contribution in [0.2, 0.25) is 0 Å². The first-order chi connectivity index (χ1) is 13.4. The molecule has 0 bridgehead atoms. The number of benzene rings is 2. The number of methoxy groups -OCH3 is 2. The van der Waals surface area contributed by atoms with Crippen molar-refractivity contribution in [2.24, 2.45) is 0 Å². The summed E-state index contributed by atoms with van der Waals surface area (Å²) in [6.07, 6.45) is 0. The van der Waals surface area contributed by atoms with Crippen molar-refractivity contribution in [3.63, 3.8) is 0 Å². The summed E-state index contributed by atoms with van der Waals surface area (Å²) in [5.74, 6) is 0.482. The fourth-order valence-corrected chi connectivity index (χ4v) is 3.35. The summed E-state index contributed by atoms with van der Waals surface area (Å²) in [4.78, 5) is 15.7. The normalized spacial score (nSPS) is 11.2. The highest BCUT2D eigenvalue weighted by molar-refractivity contribution is 7.89. The Balaban J connectivity index is 1.71. The molecule has 3 aromatic rings. The first-order valence-corrected chi connectivity index (χ1v) is 9.56. The molecule has 0 aliphatic carbocycles. The van der Waals surface area contributed by atoms with Gasteiger partial charge < -0.3 is 14.0 Å². The zero-order chi connectivity index (χ0) is 20.1. The highest BCUT2D eigenvalue weighted by Crippen LogP contribution is 2.20. The van der Waals surface area contributed by atoms with Crippen molar-refractivity contribution in [1.82, 2.24) is 14.9 Å². The van der Waals surface area contributed by atoms with Gasteiger partial charge in [-0.3, -0.25) is 0 Å². The minimum absolute atomic E-state index is 0.0784. The van der Waals surface area contributed by atoms with Gasteiger partial charge in [-0.25, -0.2) is 17.9 Å². The van der Waals surface area contributed by atoms with Gasteiger partial charge in [-0.1, -0.05) is 11.2 Å². The van der Waals surface area contributed by atoms with Crippen molar-refractivity contribution in [3.05, 3.63) is 60.0 Å². The molecule has 10 heteroatoms. The number of sulfonamides is 1. The first-order valence-electron chi connectivity index (χ1n) is 8.08. The Morgan fingerprint density at radius 3 is 2.57 bits per heavy atom. The third-order valence-electron chi connectivity index (χ3n) is 3.80. The van der Waals surface area contributed by atoms with Crippen LogP contribution in [-0.2, 0) is 21.3 Å². The Morgan fingerprint density at radius 2 is 1.89 bits per heavy atom. The van der Waals surface area contributed by atoms with Crippen LogP contribution in [0.3, 0.4) is 0 Å². The Labute approximate surface area is 161 Å². The van der Waals surface area contributed by atoms with E-state index in [9.17, 15) is 13.2 Å². The Bertz CT molecular complexity index is 1080. The van der Waals surface area contributed by atoms with E-state index >= 15 is 0 Å². The molecule has 0 atom stereocenters. The Morgan fingerprint density at radius 1 is 1.14 bits per heavy atom. The number of hydrogen-bond donors (Lipinski definition) is 1. The molecule has 1 heterocycles. The summed E-state index contributed by atoms with van der Waals surface area (Å²) in [7, 11) is -1.11. The lowest BCUT2D eigenvalue weighted by Crippen LogP contribution is -2.23. The molecule has 1 N–H and O–H groups in total. The Kier molecular flexibility index (Phi) is 5.71. The summed E-state index contributed by atoms with van der Waals surface area (Å²) in [6.45, 7) is -0.200. The van der Waals surface area contributed by atoms with Gasteiger partial charge in [0.2, 0.25) is 21.7 Å². The second kappa shape index (κ2) is 8.19. The van der Waals surface area contributed by atoms with Gasteiger partial charge >= 0.3 is 5.97 Å². The molecule has 0 aliphatic heterocycles. The van der Waals surface area contributed by atoms with Gasteiger partial charge in [0.05, 0.1) is 31.2 Å². The number of carbonyl (C=O) groups is 1. The van der Waals surface area contributed by atoms with Crippen LogP contribution in [0, 0.1) is 0 Å². The number of nitrogens with zero attached hydrogens (tertiary/aromatic N) is 2. The van der Waals surface area contributed by atoms with E-state index in [1.807, 2.05) is 0 Å². The van der Waals surface area contributed by atoms with E-state index in [0.29, 0.717) is 17.1 Å². The molecule has 0 radical (unpaired) electrons. The number of aromatic nitrogens is 2. The molecule has 0 saturated heterocycles. The van der Waals surface area contributed by atoms with E-state index in [4.69, 9.17) is 9.26 Å². The van der Waals surface area contributed by atoms with Gasteiger partial charge in [-0.15, -0.1) is 0 Å². The van der Waals surface area contributed by atoms with Crippen LogP contribution in [0.5, 0.6) is 5.75 Å². The highest BCUT2D eigenvalue weighted by Gasteiger charge is 2.18. The molecule has 0 amide bonds. The van der Waals surface area contributed by atoms with E-state index in [-0.39, 0.29) is 22.9 Å². The van der Waals surface area contributed by atoms with E-state index in [1.54, 1.807) is 31.4 Å². The van der Waals surface area contributed by atoms with Crippen molar-refractivity contribution in [2.75, 3.05) is 14.2 Å². The quantitative estimate of drug-likeness (QED) is 0.595. The molecule has 28 heavy (non-hydrogen) atoms. The number of rotatable bonds is 7. The summed E-state index contributed by atoms with van der Waals surface area (Å²) in [6, 6.07) is 12.5. The minimum atomic E-state index is -3.89. The van der Waals surface area contributed by atoms with Crippen LogP contribution in [0.25, 0.3) is 11.4 Å². The van der Waals surface area contributed by atoms with Crippen molar-refractivity contribution >= 4 is 16.0 Å². The van der Waals surface area contributed by atoms with Crippen molar-refractivity contribution in [1.29, 1.82) is 0 Å². The zero-order valence-corrected chi connectivity index (χ0v) is 15.9. The van der Waals surface area contributed by atoms with Crippen LogP contribution in [0.1, 0.15) is 16.2 Å². The van der Waals surface area contributed by atoms with Crippen LogP contribution in [0.4, 0.5) is 0 Å². The molecule has 9 nitrogen and oxygen atoms in total. The SMILES string of the molecule is COC(=O)c1cccc(S(=O)(=O)NCc2nc(-c3ccc(OC)cc3)no2)c1. The smallest absolute Gasteiger partial charge is 0.337 e. The Hall–Kier alpha value is -3.24. The summed E-state index contributed by atoms with van der Waals surface area (Å²) in [5.41, 5.74) is 0.828. The highest BCUT2D eigenvalue weighted by atomic mass is 32.2. The monoisotopic (exact) mass is 403 g/mol. The maximum absolute atomic E-state index is 12.4. The molecule has 0 fully saturated rings. The van der Waals surface area contributed by atoms with Crippen LogP contribution in [-0.4, -0.2) is 38.7 Å². The lowest BCUT2D eigenvalue weighted by Gasteiger charge is -2.06. The molecule has 0 saturated carbocycles. The second-order valence-electron chi connectivity index (χ2n) is 5.58. The predicted molar refractivity (Wildman–Crippen MR) is 98.1 cm³/mol. The average Bonchev–Trinajstić information content (AvgIpc) is 3.21. The largest absolute Gasteiger partial charge is 0.497 e. The maximum atomic E-state index is 12.4. The van der Waals surface area contributed by atoms with Crippen molar-refractivity contribution < 1.29 is 27.2 Å². The number of hydrogen-bond acceptors (Lipinski definition) is 8. The molecule has 0 spiro atoms. The van der Waals surface area contributed by atoms with Gasteiger partial charge in [0.15, 0.2) is 0 Å². The molecular formula is C18H17N3O6S. The van der Waals surface area contributed by atoms with Gasteiger partial charge in [0.25, 0.3) is 0 Å². The average molecular weight is 403 g/mol. The number of ether oxygens (including phenoxy) is 2. The van der Waals surface area contributed by atoms with Gasteiger partial charge in [0.1, 0.15) is 5.75 Å². The van der Waals surface area contributed by atoms with Crippen molar-refractivity contribution in [2.45, 2.75) is 11.4 Å². The van der Waals surface area contributed by atoms with Crippen LogP contribution >= 0.6 is 0 Å². The first kappa shape index (κ1) is 19.5. The standard InChI is InChI=1S/C18H17N3O6S/c1-25-14-8-6-12(7-9-14)17-20-16(27-21-17)11-19-28(23,24)15-5-3-4-13(10-15)18(22)26-2/h3-10,19H,11H2,1-2H3. The van der Waals surface area contributed by atoms with Gasteiger partial charge in [-0.05, 0) is 42.5 Å². The fraction of sp³-hybridized carbons (Fsp3) is 0.167. The third-order valence-corrected chi connectivity index (χ3v) is 5.19. The molecule has 146 valence electrons. The van der Waals surface area contributed by atoms with Gasteiger partial charge in [0, 0.05) is 5.56 Å². The summed E-state index contributed by atoms with van der Waals surface area (Å²) >= 11 is 0. The van der Waals surface area contributed by atoms with E-state index in [1.165, 1.54) is 31.4 Å². The lowest BCUT2D eigenvalue weighted by molar-refractivity contribution is 0.0600. The predicted octanol–water partition coefficient (Wildman–Crippen LogP) is 2.01. The van der Waals surface area contributed by atoms with E-state index < -0.39 is 16.0 Å². The number of carbonyl (C=O) groups excluding carboxylic acids is 1. The molecule has 1 aromatic heterocycles. The molecule has 2 aromatic carbocycles. The topological polar surface area (TPSA) is 121 Å². The second-order valence-corrected chi connectivity index (χ2v) is 7.35. The number of nitrogens with one attached hydrogen (secondary N) is 1. The summed E-state index contributed by atoms with van der Waals surface area (Å²) in [5, 5.41) is 3.84. The zero-order valence-electron chi connectivity index (χ0n) is 15.1. The molecule has 0 unspecified atom stereocenters. The molecule has 3 rings (SSSR count). The number of esters is 1. The minimum Gasteiger partial charge on any atom is -0.497 e. The van der Waals surface area contributed by atoms with E-state index in [2.05, 4.69) is 19.6 Å². The van der Waals surface area contributed by atoms with Crippen LogP contribution < -0.4 is 9.46 Å².